The molecule has 0 unspecified atom stereocenters. The Hall–Kier alpha value is -2.78. The first-order chi connectivity index (χ1) is 14.7. The largest absolute Gasteiger partial charge is 0.489 e. The molecule has 2 atom stereocenters. The van der Waals surface area contributed by atoms with E-state index < -0.39 is 5.82 Å². The van der Waals surface area contributed by atoms with E-state index in [1.165, 1.54) is 6.33 Å². The van der Waals surface area contributed by atoms with Crippen LogP contribution in [0.2, 0.25) is 5.02 Å². The van der Waals surface area contributed by atoms with Gasteiger partial charge in [-0.2, -0.15) is 0 Å². The average molecular weight is 428 g/mol. The Kier molecular flexibility index (Phi) is 4.14. The predicted molar refractivity (Wildman–Crippen MR) is 111 cm³/mol. The number of rotatable bonds is 5. The SMILES string of the molecule is Fc1c(Nc2ncnc3cnc(N4C[C@@H]5C[C@H]4CN5)nc23)ccc(OC2CC2)c1Cl. The Labute approximate surface area is 176 Å². The number of anilines is 3. The van der Waals surface area contributed by atoms with Gasteiger partial charge in [0, 0.05) is 25.2 Å². The Morgan fingerprint density at radius 2 is 2.13 bits per heavy atom. The minimum Gasteiger partial charge on any atom is -0.489 e. The third kappa shape index (κ3) is 3.09. The number of halogens is 2. The van der Waals surface area contributed by atoms with E-state index in [2.05, 4.69) is 30.5 Å². The molecule has 3 aromatic rings. The molecule has 2 aromatic heterocycles. The second kappa shape index (κ2) is 6.88. The zero-order valence-corrected chi connectivity index (χ0v) is 16.7. The molecule has 2 bridgehead atoms. The van der Waals surface area contributed by atoms with Crippen molar-refractivity contribution >= 4 is 40.1 Å². The number of piperazine rings is 1. The van der Waals surface area contributed by atoms with Crippen molar-refractivity contribution in [2.24, 2.45) is 0 Å². The highest BCUT2D eigenvalue weighted by Gasteiger charge is 2.39. The van der Waals surface area contributed by atoms with Crippen molar-refractivity contribution in [2.75, 3.05) is 23.3 Å². The fourth-order valence-corrected chi connectivity index (χ4v) is 4.30. The lowest BCUT2D eigenvalue weighted by Gasteiger charge is -2.27. The summed E-state index contributed by atoms with van der Waals surface area (Å²) in [4.78, 5) is 19.9. The second-order valence-corrected chi connectivity index (χ2v) is 8.33. The van der Waals surface area contributed by atoms with E-state index in [1.807, 2.05) is 0 Å². The van der Waals surface area contributed by atoms with Crippen molar-refractivity contribution in [3.05, 3.63) is 35.5 Å². The average Bonchev–Trinajstić information content (AvgIpc) is 3.32. The number of nitrogens with zero attached hydrogens (tertiary/aromatic N) is 5. The first-order valence-corrected chi connectivity index (χ1v) is 10.4. The van der Waals surface area contributed by atoms with Gasteiger partial charge in [-0.3, -0.25) is 0 Å². The van der Waals surface area contributed by atoms with Gasteiger partial charge in [0.1, 0.15) is 28.1 Å². The van der Waals surface area contributed by atoms with Crippen LogP contribution in [0, 0.1) is 5.82 Å². The highest BCUT2D eigenvalue weighted by atomic mass is 35.5. The van der Waals surface area contributed by atoms with Gasteiger partial charge in [0.05, 0.1) is 18.0 Å². The molecule has 1 saturated carbocycles. The van der Waals surface area contributed by atoms with E-state index in [-0.39, 0.29) is 16.8 Å². The molecular formula is C20H19ClFN7O. The maximum Gasteiger partial charge on any atom is 0.226 e. The van der Waals surface area contributed by atoms with Gasteiger partial charge in [-0.05, 0) is 31.4 Å². The summed E-state index contributed by atoms with van der Waals surface area (Å²) in [6.07, 6.45) is 6.26. The molecule has 2 saturated heterocycles. The van der Waals surface area contributed by atoms with Crippen molar-refractivity contribution in [1.29, 1.82) is 0 Å². The Morgan fingerprint density at radius 3 is 2.90 bits per heavy atom. The van der Waals surface area contributed by atoms with Gasteiger partial charge >= 0.3 is 0 Å². The molecule has 0 radical (unpaired) electrons. The van der Waals surface area contributed by atoms with Gasteiger partial charge in [-0.1, -0.05) is 11.6 Å². The molecule has 0 spiro atoms. The smallest absolute Gasteiger partial charge is 0.226 e. The zero-order chi connectivity index (χ0) is 20.2. The standard InChI is InChI=1S/C20H19ClFN7O/c21-16-15(30-12-1-2-12)4-3-13(17(16)22)27-19-18-14(25-9-26-19)7-24-20(28-18)29-8-10-5-11(29)6-23-10/h3-4,7,9-12,23H,1-2,5-6,8H2,(H,25,26,27)/t10-,11-/m0/s1. The molecule has 6 rings (SSSR count). The fraction of sp³-hybridized carbons (Fsp3) is 0.400. The van der Waals surface area contributed by atoms with E-state index in [9.17, 15) is 4.39 Å². The van der Waals surface area contributed by atoms with Crippen LogP contribution in [0.5, 0.6) is 5.75 Å². The van der Waals surface area contributed by atoms with Gasteiger partial charge in [0.2, 0.25) is 5.95 Å². The van der Waals surface area contributed by atoms with Crippen LogP contribution >= 0.6 is 11.6 Å². The molecule has 154 valence electrons. The molecule has 3 fully saturated rings. The minimum atomic E-state index is -0.584. The molecule has 8 nitrogen and oxygen atoms in total. The molecule has 10 heteroatoms. The van der Waals surface area contributed by atoms with E-state index in [1.54, 1.807) is 18.3 Å². The monoisotopic (exact) mass is 427 g/mol. The van der Waals surface area contributed by atoms with E-state index >= 15 is 0 Å². The van der Waals surface area contributed by atoms with Gasteiger partial charge in [0.15, 0.2) is 11.6 Å². The first kappa shape index (κ1) is 18.0. The Balaban J connectivity index is 1.33. The quantitative estimate of drug-likeness (QED) is 0.642. The van der Waals surface area contributed by atoms with Gasteiger partial charge in [-0.25, -0.2) is 24.3 Å². The normalized spacial score (nSPS) is 22.7. The minimum absolute atomic E-state index is 0.0406. The van der Waals surface area contributed by atoms with Gasteiger partial charge < -0.3 is 20.3 Å². The molecule has 30 heavy (non-hydrogen) atoms. The van der Waals surface area contributed by atoms with Crippen molar-refractivity contribution in [3.8, 4) is 5.75 Å². The lowest BCUT2D eigenvalue weighted by atomic mass is 10.2. The molecule has 2 N–H and O–H groups in total. The van der Waals surface area contributed by atoms with E-state index in [0.717, 1.165) is 32.4 Å². The highest BCUT2D eigenvalue weighted by molar-refractivity contribution is 6.32. The number of hydrogen-bond acceptors (Lipinski definition) is 8. The Morgan fingerprint density at radius 1 is 1.23 bits per heavy atom. The molecule has 1 aliphatic carbocycles. The summed E-state index contributed by atoms with van der Waals surface area (Å²) in [7, 11) is 0. The number of aromatic nitrogens is 4. The number of ether oxygens (including phenoxy) is 1. The van der Waals surface area contributed by atoms with Crippen LogP contribution < -0.4 is 20.3 Å². The third-order valence-electron chi connectivity index (χ3n) is 5.80. The molecule has 4 heterocycles. The van der Waals surface area contributed by atoms with Crippen molar-refractivity contribution in [2.45, 2.75) is 37.5 Å². The summed E-state index contributed by atoms with van der Waals surface area (Å²) in [5.74, 6) is 0.814. The van der Waals surface area contributed by atoms with Crippen LogP contribution in [0.4, 0.5) is 21.8 Å². The number of nitrogens with one attached hydrogen (secondary N) is 2. The van der Waals surface area contributed by atoms with Crippen LogP contribution in [-0.4, -0.2) is 51.2 Å². The van der Waals surface area contributed by atoms with Crippen LogP contribution in [-0.2, 0) is 0 Å². The molecule has 3 aliphatic rings. The lowest BCUT2D eigenvalue weighted by molar-refractivity contribution is 0.302. The summed E-state index contributed by atoms with van der Waals surface area (Å²) in [6, 6.07) is 4.14. The van der Waals surface area contributed by atoms with Crippen molar-refractivity contribution < 1.29 is 9.13 Å². The predicted octanol–water partition coefficient (Wildman–Crippen LogP) is 3.05. The Bertz CT molecular complexity index is 1140. The van der Waals surface area contributed by atoms with Crippen LogP contribution in [0.1, 0.15) is 19.3 Å². The van der Waals surface area contributed by atoms with Crippen LogP contribution in [0.25, 0.3) is 11.0 Å². The summed E-state index contributed by atoms with van der Waals surface area (Å²) in [5.41, 5.74) is 1.32. The molecule has 0 amide bonds. The molecule has 1 aromatic carbocycles. The first-order valence-electron chi connectivity index (χ1n) is 10.0. The van der Waals surface area contributed by atoms with E-state index in [0.29, 0.717) is 40.6 Å². The van der Waals surface area contributed by atoms with Gasteiger partial charge in [0.25, 0.3) is 0 Å². The maximum absolute atomic E-state index is 14.9. The lowest BCUT2D eigenvalue weighted by Crippen LogP contribution is -2.44. The number of fused-ring (bicyclic) bond motifs is 3. The maximum atomic E-state index is 14.9. The van der Waals surface area contributed by atoms with E-state index in [4.69, 9.17) is 21.3 Å². The summed E-state index contributed by atoms with van der Waals surface area (Å²) >= 11 is 6.19. The summed E-state index contributed by atoms with van der Waals surface area (Å²) < 4.78 is 20.5. The summed E-state index contributed by atoms with van der Waals surface area (Å²) in [6.45, 7) is 1.81. The zero-order valence-electron chi connectivity index (χ0n) is 16.0. The van der Waals surface area contributed by atoms with Crippen LogP contribution in [0.15, 0.2) is 24.7 Å². The van der Waals surface area contributed by atoms with Crippen LogP contribution in [0.3, 0.4) is 0 Å². The second-order valence-electron chi connectivity index (χ2n) is 7.95. The van der Waals surface area contributed by atoms with Crippen molar-refractivity contribution in [1.82, 2.24) is 25.3 Å². The third-order valence-corrected chi connectivity index (χ3v) is 6.15. The molecular weight excluding hydrogens is 409 g/mol. The highest BCUT2D eigenvalue weighted by Crippen LogP contribution is 2.37. The fourth-order valence-electron chi connectivity index (χ4n) is 4.09. The van der Waals surface area contributed by atoms with Gasteiger partial charge in [-0.15, -0.1) is 0 Å². The number of hydrogen-bond donors (Lipinski definition) is 2. The van der Waals surface area contributed by atoms with Crippen molar-refractivity contribution in [3.63, 3.8) is 0 Å². The topological polar surface area (TPSA) is 88.1 Å². The number of benzene rings is 1. The molecule has 2 aliphatic heterocycles. The summed E-state index contributed by atoms with van der Waals surface area (Å²) in [5, 5.41) is 6.45.